The molecule has 17 heavy (non-hydrogen) atoms. The monoisotopic (exact) mass is 256 g/mol. The summed E-state index contributed by atoms with van der Waals surface area (Å²) in [7, 11) is 0. The van der Waals surface area contributed by atoms with Gasteiger partial charge in [-0.15, -0.1) is 5.10 Å². The molecule has 0 N–H and O–H groups in total. The van der Waals surface area contributed by atoms with E-state index in [1.165, 1.54) is 11.8 Å². The SMILES string of the molecule is CCCOC(=O)C(C)Sc1nnnn1C1CC1. The third-order valence-corrected chi connectivity index (χ3v) is 3.44. The first-order valence-electron chi connectivity index (χ1n) is 5.83. The normalized spacial score (nSPS) is 16.8. The zero-order valence-electron chi connectivity index (χ0n) is 10.00. The van der Waals surface area contributed by atoms with Crippen molar-refractivity contribution in [1.29, 1.82) is 0 Å². The maximum atomic E-state index is 11.6. The minimum atomic E-state index is -0.273. The van der Waals surface area contributed by atoms with Crippen LogP contribution >= 0.6 is 11.8 Å². The summed E-state index contributed by atoms with van der Waals surface area (Å²) in [5, 5.41) is 11.9. The maximum Gasteiger partial charge on any atom is 0.319 e. The van der Waals surface area contributed by atoms with Crippen molar-refractivity contribution >= 4 is 17.7 Å². The van der Waals surface area contributed by atoms with Gasteiger partial charge in [0, 0.05) is 0 Å². The molecule has 1 aliphatic rings. The lowest BCUT2D eigenvalue weighted by atomic mass is 10.5. The standard InChI is InChI=1S/C10H16N4O2S/c1-3-6-16-9(15)7(2)17-10-11-12-13-14(10)8-4-5-8/h7-8H,3-6H2,1-2H3. The van der Waals surface area contributed by atoms with Crippen LogP contribution in [0.2, 0.25) is 0 Å². The number of rotatable bonds is 6. The molecule has 1 saturated carbocycles. The van der Waals surface area contributed by atoms with Crippen LogP contribution in [0.1, 0.15) is 39.2 Å². The minimum absolute atomic E-state index is 0.206. The highest BCUT2D eigenvalue weighted by Gasteiger charge is 2.29. The number of hydrogen-bond acceptors (Lipinski definition) is 6. The zero-order chi connectivity index (χ0) is 12.3. The van der Waals surface area contributed by atoms with Gasteiger partial charge in [-0.05, 0) is 36.6 Å². The van der Waals surface area contributed by atoms with Gasteiger partial charge >= 0.3 is 5.97 Å². The Bertz CT molecular complexity index is 391. The van der Waals surface area contributed by atoms with Gasteiger partial charge in [0.2, 0.25) is 5.16 Å². The molecule has 94 valence electrons. The van der Waals surface area contributed by atoms with Gasteiger partial charge in [0.15, 0.2) is 0 Å². The van der Waals surface area contributed by atoms with Crippen molar-refractivity contribution < 1.29 is 9.53 Å². The fraction of sp³-hybridized carbons (Fsp3) is 0.800. The molecule has 1 atom stereocenters. The molecule has 1 unspecified atom stereocenters. The maximum absolute atomic E-state index is 11.6. The average molecular weight is 256 g/mol. The fourth-order valence-corrected chi connectivity index (χ4v) is 2.20. The summed E-state index contributed by atoms with van der Waals surface area (Å²) in [6, 6.07) is 0.423. The molecule has 0 spiro atoms. The first-order valence-corrected chi connectivity index (χ1v) is 6.71. The highest BCUT2D eigenvalue weighted by Crippen LogP contribution is 2.37. The number of carbonyl (C=O) groups is 1. The van der Waals surface area contributed by atoms with Crippen molar-refractivity contribution in [2.75, 3.05) is 6.61 Å². The smallest absolute Gasteiger partial charge is 0.319 e. The summed E-state index contributed by atoms with van der Waals surface area (Å²) in [6.45, 7) is 4.25. The lowest BCUT2D eigenvalue weighted by Gasteiger charge is -2.09. The Balaban J connectivity index is 1.90. The lowest BCUT2D eigenvalue weighted by Crippen LogP contribution is -2.18. The van der Waals surface area contributed by atoms with Gasteiger partial charge in [-0.2, -0.15) is 0 Å². The quantitative estimate of drug-likeness (QED) is 0.566. The van der Waals surface area contributed by atoms with E-state index < -0.39 is 0 Å². The van der Waals surface area contributed by atoms with E-state index in [4.69, 9.17) is 4.74 Å². The predicted octanol–water partition coefficient (Wildman–Crippen LogP) is 1.44. The Morgan fingerprint density at radius 1 is 1.65 bits per heavy atom. The highest BCUT2D eigenvalue weighted by molar-refractivity contribution is 8.00. The van der Waals surface area contributed by atoms with E-state index in [1.807, 2.05) is 13.8 Å². The highest BCUT2D eigenvalue weighted by atomic mass is 32.2. The van der Waals surface area contributed by atoms with E-state index in [9.17, 15) is 4.79 Å². The Kier molecular flexibility index (Phi) is 3.98. The van der Waals surface area contributed by atoms with Crippen LogP contribution in [-0.2, 0) is 9.53 Å². The fourth-order valence-electron chi connectivity index (χ4n) is 1.34. The van der Waals surface area contributed by atoms with Gasteiger partial charge in [0.25, 0.3) is 0 Å². The molecular weight excluding hydrogens is 240 g/mol. The van der Waals surface area contributed by atoms with Crippen molar-refractivity contribution in [2.24, 2.45) is 0 Å². The summed E-state index contributed by atoms with van der Waals surface area (Å²) in [5.41, 5.74) is 0. The molecule has 0 aromatic carbocycles. The molecule has 0 amide bonds. The Morgan fingerprint density at radius 3 is 3.06 bits per heavy atom. The van der Waals surface area contributed by atoms with Gasteiger partial charge in [-0.3, -0.25) is 4.79 Å². The minimum Gasteiger partial charge on any atom is -0.465 e. The lowest BCUT2D eigenvalue weighted by molar-refractivity contribution is -0.142. The average Bonchev–Trinajstić information content (AvgIpc) is 3.07. The van der Waals surface area contributed by atoms with E-state index in [0.29, 0.717) is 17.8 Å². The molecule has 0 saturated heterocycles. The van der Waals surface area contributed by atoms with Crippen LogP contribution in [0.3, 0.4) is 0 Å². The Morgan fingerprint density at radius 2 is 2.41 bits per heavy atom. The van der Waals surface area contributed by atoms with Crippen LogP contribution in [-0.4, -0.2) is 38.0 Å². The molecule has 2 rings (SSSR count). The molecule has 0 aliphatic heterocycles. The van der Waals surface area contributed by atoms with Crippen LogP contribution in [0.15, 0.2) is 5.16 Å². The van der Waals surface area contributed by atoms with Gasteiger partial charge in [-0.1, -0.05) is 18.7 Å². The molecule has 0 radical (unpaired) electrons. The van der Waals surface area contributed by atoms with Gasteiger partial charge < -0.3 is 4.74 Å². The number of thioether (sulfide) groups is 1. The zero-order valence-corrected chi connectivity index (χ0v) is 10.8. The summed E-state index contributed by atoms with van der Waals surface area (Å²) in [6.07, 6.45) is 3.07. The first kappa shape index (κ1) is 12.3. The number of carbonyl (C=O) groups excluding carboxylic acids is 1. The van der Waals surface area contributed by atoms with Crippen LogP contribution in [0.4, 0.5) is 0 Å². The molecule has 1 aromatic rings. The molecular formula is C10H16N4O2S. The summed E-state index contributed by atoms with van der Waals surface area (Å²) < 4.78 is 6.88. The third-order valence-electron chi connectivity index (χ3n) is 2.42. The number of hydrogen-bond donors (Lipinski definition) is 0. The van der Waals surface area contributed by atoms with E-state index >= 15 is 0 Å². The number of ether oxygens (including phenoxy) is 1. The third kappa shape index (κ3) is 3.18. The first-order chi connectivity index (χ1) is 8.22. The van der Waals surface area contributed by atoms with Crippen molar-refractivity contribution in [1.82, 2.24) is 20.2 Å². The van der Waals surface area contributed by atoms with Crippen molar-refractivity contribution in [2.45, 2.75) is 49.6 Å². The molecule has 0 bridgehead atoms. The largest absolute Gasteiger partial charge is 0.465 e. The molecule has 6 nitrogen and oxygen atoms in total. The summed E-state index contributed by atoms with van der Waals surface area (Å²) >= 11 is 1.36. The van der Waals surface area contributed by atoms with Crippen molar-refractivity contribution in [3.63, 3.8) is 0 Å². The van der Waals surface area contributed by atoms with Crippen LogP contribution in [0, 0.1) is 0 Å². The molecule has 7 heteroatoms. The van der Waals surface area contributed by atoms with Gasteiger partial charge in [0.05, 0.1) is 12.6 Å². The second-order valence-electron chi connectivity index (χ2n) is 4.06. The van der Waals surface area contributed by atoms with Gasteiger partial charge in [0.1, 0.15) is 5.25 Å². The molecule has 1 fully saturated rings. The van der Waals surface area contributed by atoms with Crippen molar-refractivity contribution in [3.05, 3.63) is 0 Å². The molecule has 1 aromatic heterocycles. The molecule has 1 aliphatic carbocycles. The topological polar surface area (TPSA) is 69.9 Å². The van der Waals surface area contributed by atoms with E-state index in [1.54, 1.807) is 4.68 Å². The van der Waals surface area contributed by atoms with Crippen molar-refractivity contribution in [3.8, 4) is 0 Å². The predicted molar refractivity (Wildman–Crippen MR) is 62.7 cm³/mol. The second kappa shape index (κ2) is 5.48. The number of tetrazole rings is 1. The van der Waals surface area contributed by atoms with Crippen LogP contribution < -0.4 is 0 Å². The van der Waals surface area contributed by atoms with E-state index in [-0.39, 0.29) is 11.2 Å². The second-order valence-corrected chi connectivity index (χ2v) is 5.37. The van der Waals surface area contributed by atoms with Gasteiger partial charge in [-0.25, -0.2) is 4.68 Å². The number of nitrogens with zero attached hydrogens (tertiary/aromatic N) is 4. The Labute approximate surface area is 104 Å². The van der Waals surface area contributed by atoms with Crippen LogP contribution in [0.5, 0.6) is 0 Å². The molecule has 1 heterocycles. The van der Waals surface area contributed by atoms with E-state index in [2.05, 4.69) is 15.5 Å². The summed E-state index contributed by atoms with van der Waals surface area (Å²) in [5.74, 6) is -0.206. The number of aromatic nitrogens is 4. The van der Waals surface area contributed by atoms with E-state index in [0.717, 1.165) is 19.3 Å². The Hall–Kier alpha value is -1.11. The number of esters is 1. The summed E-state index contributed by atoms with van der Waals surface area (Å²) in [4.78, 5) is 11.6. The van der Waals surface area contributed by atoms with Crippen LogP contribution in [0.25, 0.3) is 0 Å².